The van der Waals surface area contributed by atoms with Gasteiger partial charge in [0, 0.05) is 24.5 Å². The average Bonchev–Trinajstić information content (AvgIpc) is 2.37. The summed E-state index contributed by atoms with van der Waals surface area (Å²) in [5.41, 5.74) is 4.63. The van der Waals surface area contributed by atoms with Crippen LogP contribution in [0.15, 0.2) is 12.1 Å². The van der Waals surface area contributed by atoms with E-state index >= 15 is 0 Å². The lowest BCUT2D eigenvalue weighted by Crippen LogP contribution is -1.99. The number of hydrogen-bond acceptors (Lipinski definition) is 2. The molecule has 1 rings (SSSR count). The maximum Gasteiger partial charge on any atom is 0.0456 e. The molecule has 17 heavy (non-hydrogen) atoms. The molecule has 0 aliphatic rings. The molecule has 0 fully saturated rings. The van der Waals surface area contributed by atoms with Gasteiger partial charge in [0.25, 0.3) is 0 Å². The summed E-state index contributed by atoms with van der Waals surface area (Å²) in [6, 6.07) is 4.33. The van der Waals surface area contributed by atoms with Crippen molar-refractivity contribution in [3.8, 4) is 0 Å². The van der Waals surface area contributed by atoms with Crippen molar-refractivity contribution in [3.63, 3.8) is 0 Å². The highest BCUT2D eigenvalue weighted by atomic mass is 14.8. The van der Waals surface area contributed by atoms with E-state index in [2.05, 4.69) is 31.3 Å². The molecule has 2 heteroatoms. The third kappa shape index (κ3) is 4.59. The van der Waals surface area contributed by atoms with E-state index in [1.807, 2.05) is 20.9 Å². The SMILES string of the molecule is CC.CCCCc1cc(C)c(NC)c(C=N)c1. The molecule has 0 aromatic heterocycles. The van der Waals surface area contributed by atoms with Gasteiger partial charge in [-0.2, -0.15) is 0 Å². The van der Waals surface area contributed by atoms with E-state index in [4.69, 9.17) is 5.41 Å². The van der Waals surface area contributed by atoms with Gasteiger partial charge in [0.15, 0.2) is 0 Å². The first-order chi connectivity index (χ1) is 8.22. The fourth-order valence-corrected chi connectivity index (χ4v) is 1.87. The largest absolute Gasteiger partial charge is 0.387 e. The number of unbranched alkanes of at least 4 members (excludes halogenated alkanes) is 1. The van der Waals surface area contributed by atoms with Crippen LogP contribution >= 0.6 is 0 Å². The Hall–Kier alpha value is -1.31. The van der Waals surface area contributed by atoms with Crippen LogP contribution in [-0.4, -0.2) is 13.3 Å². The third-order valence-corrected chi connectivity index (χ3v) is 2.65. The van der Waals surface area contributed by atoms with Gasteiger partial charge in [-0.1, -0.05) is 33.3 Å². The smallest absolute Gasteiger partial charge is 0.0456 e. The van der Waals surface area contributed by atoms with E-state index < -0.39 is 0 Å². The quantitative estimate of drug-likeness (QED) is 0.728. The number of benzene rings is 1. The number of anilines is 1. The van der Waals surface area contributed by atoms with Gasteiger partial charge in [-0.15, -0.1) is 0 Å². The van der Waals surface area contributed by atoms with Gasteiger partial charge < -0.3 is 10.7 Å². The molecular formula is C15H26N2. The summed E-state index contributed by atoms with van der Waals surface area (Å²) < 4.78 is 0. The van der Waals surface area contributed by atoms with Crippen LogP contribution in [0.25, 0.3) is 0 Å². The Bertz CT molecular complexity index is 343. The second-order valence-corrected chi connectivity index (χ2v) is 3.87. The van der Waals surface area contributed by atoms with Crippen molar-refractivity contribution in [1.29, 1.82) is 5.41 Å². The highest BCUT2D eigenvalue weighted by Crippen LogP contribution is 2.22. The molecule has 0 spiro atoms. The molecular weight excluding hydrogens is 208 g/mol. The van der Waals surface area contributed by atoms with Crippen LogP contribution in [0.2, 0.25) is 0 Å². The number of nitrogens with one attached hydrogen (secondary N) is 2. The molecule has 0 aliphatic carbocycles. The zero-order chi connectivity index (χ0) is 13.3. The zero-order valence-electron chi connectivity index (χ0n) is 11.9. The third-order valence-electron chi connectivity index (χ3n) is 2.65. The molecule has 96 valence electrons. The van der Waals surface area contributed by atoms with Gasteiger partial charge in [0.2, 0.25) is 0 Å². The molecule has 0 aliphatic heterocycles. The molecule has 0 heterocycles. The van der Waals surface area contributed by atoms with Crippen LogP contribution in [0.4, 0.5) is 5.69 Å². The second-order valence-electron chi connectivity index (χ2n) is 3.87. The highest BCUT2D eigenvalue weighted by Gasteiger charge is 2.04. The maximum absolute atomic E-state index is 7.39. The van der Waals surface area contributed by atoms with E-state index in [1.165, 1.54) is 30.2 Å². The Morgan fingerprint density at radius 3 is 2.41 bits per heavy atom. The van der Waals surface area contributed by atoms with Gasteiger partial charge in [-0.3, -0.25) is 0 Å². The minimum Gasteiger partial charge on any atom is -0.387 e. The molecule has 0 atom stereocenters. The molecule has 2 N–H and O–H groups in total. The molecule has 0 saturated carbocycles. The Morgan fingerprint density at radius 1 is 1.29 bits per heavy atom. The van der Waals surface area contributed by atoms with Crippen LogP contribution in [0.3, 0.4) is 0 Å². The first-order valence-electron chi connectivity index (χ1n) is 6.54. The number of aryl methyl sites for hydroxylation is 2. The summed E-state index contributed by atoms with van der Waals surface area (Å²) in [6.45, 7) is 8.29. The standard InChI is InChI=1S/C13H20N2.C2H6/c1-4-5-6-11-7-10(2)13(15-3)12(8-11)9-14;1-2/h7-9,14-15H,4-6H2,1-3H3;1-2H3. The lowest BCUT2D eigenvalue weighted by atomic mass is 10.0. The van der Waals surface area contributed by atoms with Crippen LogP contribution in [-0.2, 0) is 6.42 Å². The summed E-state index contributed by atoms with van der Waals surface area (Å²) >= 11 is 0. The minimum absolute atomic E-state index is 0.989. The monoisotopic (exact) mass is 234 g/mol. The lowest BCUT2D eigenvalue weighted by Gasteiger charge is -2.11. The van der Waals surface area contributed by atoms with E-state index in [0.29, 0.717) is 0 Å². The van der Waals surface area contributed by atoms with E-state index in [9.17, 15) is 0 Å². The normalized spacial score (nSPS) is 9.24. The summed E-state index contributed by atoms with van der Waals surface area (Å²) in [6.07, 6.45) is 4.97. The van der Waals surface area contributed by atoms with Gasteiger partial charge in [-0.25, -0.2) is 0 Å². The van der Waals surface area contributed by atoms with Gasteiger partial charge in [0.05, 0.1) is 0 Å². The highest BCUT2D eigenvalue weighted by molar-refractivity contribution is 5.87. The predicted molar refractivity (Wildman–Crippen MR) is 78.6 cm³/mol. The van der Waals surface area contributed by atoms with E-state index in [-0.39, 0.29) is 0 Å². The molecule has 0 unspecified atom stereocenters. The van der Waals surface area contributed by atoms with Crippen molar-refractivity contribution in [3.05, 3.63) is 28.8 Å². The van der Waals surface area contributed by atoms with Gasteiger partial charge >= 0.3 is 0 Å². The molecule has 0 radical (unpaired) electrons. The summed E-state index contributed by atoms with van der Waals surface area (Å²) in [4.78, 5) is 0. The van der Waals surface area contributed by atoms with Crippen LogP contribution < -0.4 is 5.32 Å². The average molecular weight is 234 g/mol. The number of hydrogen-bond donors (Lipinski definition) is 2. The lowest BCUT2D eigenvalue weighted by molar-refractivity contribution is 0.794. The Labute approximate surface area is 106 Å². The Morgan fingerprint density at radius 2 is 1.94 bits per heavy atom. The topological polar surface area (TPSA) is 35.9 Å². The molecule has 1 aromatic carbocycles. The summed E-state index contributed by atoms with van der Waals surface area (Å²) in [5, 5.41) is 10.5. The van der Waals surface area contributed by atoms with E-state index in [1.54, 1.807) is 0 Å². The fourth-order valence-electron chi connectivity index (χ4n) is 1.87. The minimum atomic E-state index is 0.989. The van der Waals surface area contributed by atoms with Crippen LogP contribution in [0.1, 0.15) is 50.3 Å². The van der Waals surface area contributed by atoms with Crippen molar-refractivity contribution >= 4 is 11.9 Å². The second kappa shape index (κ2) is 8.80. The maximum atomic E-state index is 7.39. The number of rotatable bonds is 5. The van der Waals surface area contributed by atoms with E-state index in [0.717, 1.165) is 17.7 Å². The molecule has 0 bridgehead atoms. The summed E-state index contributed by atoms with van der Waals surface area (Å²) in [5.74, 6) is 0. The van der Waals surface area contributed by atoms with Crippen LogP contribution in [0, 0.1) is 12.3 Å². The van der Waals surface area contributed by atoms with Crippen molar-refractivity contribution in [1.82, 2.24) is 0 Å². The first-order valence-corrected chi connectivity index (χ1v) is 6.54. The summed E-state index contributed by atoms with van der Waals surface area (Å²) in [7, 11) is 1.90. The van der Waals surface area contributed by atoms with Crippen molar-refractivity contribution < 1.29 is 0 Å². The Balaban J connectivity index is 0.00000121. The van der Waals surface area contributed by atoms with Crippen molar-refractivity contribution in [2.75, 3.05) is 12.4 Å². The first kappa shape index (κ1) is 15.7. The van der Waals surface area contributed by atoms with Crippen LogP contribution in [0.5, 0.6) is 0 Å². The predicted octanol–water partition coefficient (Wildman–Crippen LogP) is 4.40. The van der Waals surface area contributed by atoms with Crippen molar-refractivity contribution in [2.24, 2.45) is 0 Å². The zero-order valence-corrected chi connectivity index (χ0v) is 11.9. The molecule has 2 nitrogen and oxygen atoms in total. The van der Waals surface area contributed by atoms with Crippen molar-refractivity contribution in [2.45, 2.75) is 47.0 Å². The Kier molecular flexibility index (Phi) is 8.12. The molecule has 0 amide bonds. The fraction of sp³-hybridized carbons (Fsp3) is 0.533. The molecule has 1 aromatic rings. The van der Waals surface area contributed by atoms with Gasteiger partial charge in [-0.05, 0) is 37.0 Å². The molecule has 0 saturated heterocycles. The van der Waals surface area contributed by atoms with Gasteiger partial charge in [0.1, 0.15) is 0 Å².